The average molecular weight is 794 g/mol. The smallest absolute Gasteiger partial charge is 0.0714 e. The van der Waals surface area contributed by atoms with Crippen LogP contribution in [0.25, 0.3) is 64.3 Å². The van der Waals surface area contributed by atoms with Gasteiger partial charge in [-0.3, -0.25) is 0 Å². The first-order valence-electron chi connectivity index (χ1n) is 21.0. The molecule has 0 aliphatic heterocycles. The highest BCUT2D eigenvalue weighted by molar-refractivity contribution is 7.25. The minimum atomic E-state index is -0.513. The van der Waals surface area contributed by atoms with E-state index in [9.17, 15) is 0 Å². The predicted molar refractivity (Wildman–Crippen MR) is 260 cm³/mol. The Kier molecular flexibility index (Phi) is 8.33. The van der Waals surface area contributed by atoms with E-state index in [-0.39, 0.29) is 0 Å². The van der Waals surface area contributed by atoms with Crippen molar-refractivity contribution >= 4 is 59.3 Å². The van der Waals surface area contributed by atoms with Crippen molar-refractivity contribution in [3.63, 3.8) is 0 Å². The van der Waals surface area contributed by atoms with Gasteiger partial charge in [0.05, 0.1) is 11.1 Å². The van der Waals surface area contributed by atoms with Crippen molar-refractivity contribution in [1.29, 1.82) is 0 Å². The quantitative estimate of drug-likeness (QED) is 0.155. The first-order valence-corrected chi connectivity index (χ1v) is 21.8. The molecule has 61 heavy (non-hydrogen) atoms. The van der Waals surface area contributed by atoms with Gasteiger partial charge in [-0.1, -0.05) is 188 Å². The van der Waals surface area contributed by atoms with E-state index in [1.54, 1.807) is 0 Å². The minimum absolute atomic E-state index is 0.513. The van der Waals surface area contributed by atoms with E-state index in [1.165, 1.54) is 86.6 Å². The van der Waals surface area contributed by atoms with Gasteiger partial charge in [0, 0.05) is 37.1 Å². The van der Waals surface area contributed by atoms with Gasteiger partial charge in [-0.15, -0.1) is 11.3 Å². The topological polar surface area (TPSA) is 3.24 Å². The SMILES string of the molecule is c1ccc(C2(c3ccccc3)c3ccccc3-c3c(N(c4cccc(-c5ccc6ccccc6c5)c4)c4cccc(-c5cccc6sc7ccccc7c56)c4)cccc32)cc1. The summed E-state index contributed by atoms with van der Waals surface area (Å²) in [5.74, 6) is 0. The van der Waals surface area contributed by atoms with Crippen molar-refractivity contribution in [2.24, 2.45) is 0 Å². The molecule has 1 aromatic heterocycles. The predicted octanol–water partition coefficient (Wildman–Crippen LogP) is 16.4. The van der Waals surface area contributed by atoms with Crippen LogP contribution in [0, 0.1) is 0 Å². The molecule has 1 nitrogen and oxygen atoms in total. The van der Waals surface area contributed by atoms with Crippen LogP contribution in [-0.4, -0.2) is 0 Å². The Morgan fingerprint density at radius 1 is 0.361 bits per heavy atom. The van der Waals surface area contributed by atoms with E-state index in [0.717, 1.165) is 17.1 Å². The van der Waals surface area contributed by atoms with Crippen molar-refractivity contribution in [3.8, 4) is 33.4 Å². The molecule has 0 unspecified atom stereocenters. The molecule has 11 aromatic rings. The zero-order valence-corrected chi connectivity index (χ0v) is 34.2. The van der Waals surface area contributed by atoms with Crippen LogP contribution in [0.3, 0.4) is 0 Å². The Bertz CT molecular complexity index is 3400. The monoisotopic (exact) mass is 793 g/mol. The maximum absolute atomic E-state index is 2.50. The molecular weight excluding hydrogens is 755 g/mol. The summed E-state index contributed by atoms with van der Waals surface area (Å²) in [6.45, 7) is 0. The third-order valence-corrected chi connectivity index (χ3v) is 13.8. The molecule has 12 rings (SSSR count). The van der Waals surface area contributed by atoms with Gasteiger partial charge in [0.15, 0.2) is 0 Å². The van der Waals surface area contributed by atoms with Gasteiger partial charge in [-0.2, -0.15) is 0 Å². The Morgan fingerprint density at radius 3 is 1.74 bits per heavy atom. The standard InChI is InChI=1S/C59H39NS/c1-3-21-45(22-4-1)59(46-23-5-2-6-24-46)52-30-11-9-27-50(52)58-53(59)31-16-32-54(58)60(47-25-13-19-42(38-47)43-36-35-40-17-7-8-18-41(40)37-43)48-26-14-20-44(39-48)49-29-15-34-56-57(49)51-28-10-12-33-55(51)61-56/h1-39H. The molecule has 1 aliphatic rings. The highest BCUT2D eigenvalue weighted by atomic mass is 32.1. The van der Waals surface area contributed by atoms with Crippen LogP contribution in [0.4, 0.5) is 17.1 Å². The summed E-state index contributed by atoms with van der Waals surface area (Å²) in [5, 5.41) is 5.10. The Hall–Kier alpha value is -7.52. The Balaban J connectivity index is 1.13. The fourth-order valence-corrected chi connectivity index (χ4v) is 11.2. The number of fused-ring (bicyclic) bond motifs is 7. The zero-order chi connectivity index (χ0) is 40.3. The zero-order valence-electron chi connectivity index (χ0n) is 33.4. The van der Waals surface area contributed by atoms with Gasteiger partial charge in [0.25, 0.3) is 0 Å². The van der Waals surface area contributed by atoms with Crippen LogP contribution >= 0.6 is 11.3 Å². The van der Waals surface area contributed by atoms with Crippen molar-refractivity contribution < 1.29 is 0 Å². The number of anilines is 3. The van der Waals surface area contributed by atoms with Crippen molar-refractivity contribution in [2.75, 3.05) is 4.90 Å². The molecule has 0 bridgehead atoms. The lowest BCUT2D eigenvalue weighted by Gasteiger charge is -2.34. The van der Waals surface area contributed by atoms with Crippen LogP contribution in [0.1, 0.15) is 22.3 Å². The molecule has 0 saturated heterocycles. The van der Waals surface area contributed by atoms with Gasteiger partial charge in [0.2, 0.25) is 0 Å². The molecule has 0 atom stereocenters. The number of rotatable bonds is 7. The second kappa shape index (κ2) is 14.3. The van der Waals surface area contributed by atoms with Gasteiger partial charge in [-0.25, -0.2) is 0 Å². The highest BCUT2D eigenvalue weighted by Crippen LogP contribution is 2.59. The van der Waals surface area contributed by atoms with Gasteiger partial charge >= 0.3 is 0 Å². The molecular formula is C59H39NS. The van der Waals surface area contributed by atoms with Gasteiger partial charge in [0.1, 0.15) is 0 Å². The lowest BCUT2D eigenvalue weighted by molar-refractivity contribution is 0.768. The molecule has 0 N–H and O–H groups in total. The largest absolute Gasteiger partial charge is 0.310 e. The molecule has 1 heterocycles. The van der Waals surface area contributed by atoms with E-state index < -0.39 is 5.41 Å². The molecule has 1 aliphatic carbocycles. The summed E-state index contributed by atoms with van der Waals surface area (Å²) in [7, 11) is 0. The first-order chi connectivity index (χ1) is 30.3. The summed E-state index contributed by atoms with van der Waals surface area (Å²) in [4.78, 5) is 2.50. The lowest BCUT2D eigenvalue weighted by Crippen LogP contribution is -2.28. The average Bonchev–Trinajstić information content (AvgIpc) is 3.87. The summed E-state index contributed by atoms with van der Waals surface area (Å²) >= 11 is 1.87. The Labute approximate surface area is 360 Å². The maximum atomic E-state index is 2.50. The van der Waals surface area contributed by atoms with Crippen LogP contribution < -0.4 is 4.90 Å². The third-order valence-electron chi connectivity index (χ3n) is 12.7. The lowest BCUT2D eigenvalue weighted by atomic mass is 9.68. The van der Waals surface area contributed by atoms with E-state index in [2.05, 4.69) is 241 Å². The van der Waals surface area contributed by atoms with E-state index in [4.69, 9.17) is 0 Å². The summed E-state index contributed by atoms with van der Waals surface area (Å²) in [6, 6.07) is 87.4. The Morgan fingerprint density at radius 2 is 0.934 bits per heavy atom. The van der Waals surface area contributed by atoms with Crippen molar-refractivity contribution in [1.82, 2.24) is 0 Å². The van der Waals surface area contributed by atoms with Crippen LogP contribution in [0.5, 0.6) is 0 Å². The normalized spacial score (nSPS) is 12.7. The van der Waals surface area contributed by atoms with Crippen LogP contribution in [-0.2, 0) is 5.41 Å². The fraction of sp³-hybridized carbons (Fsp3) is 0.0169. The van der Waals surface area contributed by atoms with Crippen molar-refractivity contribution in [2.45, 2.75) is 5.41 Å². The molecule has 0 fully saturated rings. The number of hydrogen-bond acceptors (Lipinski definition) is 2. The number of nitrogens with zero attached hydrogens (tertiary/aromatic N) is 1. The van der Waals surface area contributed by atoms with Crippen LogP contribution in [0.15, 0.2) is 237 Å². The molecule has 2 heteroatoms. The summed E-state index contributed by atoms with van der Waals surface area (Å²) in [6.07, 6.45) is 0. The minimum Gasteiger partial charge on any atom is -0.310 e. The van der Waals surface area contributed by atoms with E-state index in [1.807, 2.05) is 11.3 Å². The molecule has 0 spiro atoms. The maximum Gasteiger partial charge on any atom is 0.0714 e. The summed E-state index contributed by atoms with van der Waals surface area (Å²) < 4.78 is 2.62. The highest BCUT2D eigenvalue weighted by Gasteiger charge is 2.47. The molecule has 0 saturated carbocycles. The van der Waals surface area contributed by atoms with Gasteiger partial charge in [-0.05, 0) is 109 Å². The molecule has 10 aromatic carbocycles. The molecule has 286 valence electrons. The second-order valence-electron chi connectivity index (χ2n) is 16.0. The number of thiophene rings is 1. The second-order valence-corrected chi connectivity index (χ2v) is 17.1. The number of hydrogen-bond donors (Lipinski definition) is 0. The third kappa shape index (κ3) is 5.60. The van der Waals surface area contributed by atoms with Crippen molar-refractivity contribution in [3.05, 3.63) is 259 Å². The fourth-order valence-electron chi connectivity index (χ4n) is 10.1. The van der Waals surface area contributed by atoms with Crippen LogP contribution in [0.2, 0.25) is 0 Å². The summed E-state index contributed by atoms with van der Waals surface area (Å²) in [5.41, 5.74) is 15.2. The van der Waals surface area contributed by atoms with E-state index in [0.29, 0.717) is 0 Å². The molecule has 0 amide bonds. The first kappa shape index (κ1) is 35.4. The number of benzene rings is 10. The molecule has 0 radical (unpaired) electrons. The van der Waals surface area contributed by atoms with Gasteiger partial charge < -0.3 is 4.90 Å². The van der Waals surface area contributed by atoms with E-state index >= 15 is 0 Å².